The molecule has 0 bridgehead atoms. The summed E-state index contributed by atoms with van der Waals surface area (Å²) in [7, 11) is 8.58. The number of nitrogens with zero attached hydrogens (tertiary/aromatic N) is 4. The third-order valence-electron chi connectivity index (χ3n) is 12.6. The highest BCUT2D eigenvalue weighted by Crippen LogP contribution is 2.31. The number of amides is 4. The smallest absolute Gasteiger partial charge is 0.245 e. The van der Waals surface area contributed by atoms with E-state index in [0.29, 0.717) is 25.9 Å². The number of aromatic nitrogens is 1. The number of likely N-dealkylation sites (N-methyl/N-ethyl adjacent to an activating group) is 2. The molecule has 0 unspecified atom stereocenters. The van der Waals surface area contributed by atoms with Crippen molar-refractivity contribution in [3.63, 3.8) is 0 Å². The number of benzene rings is 1. The molecule has 3 rings (SSSR count). The fourth-order valence-electron chi connectivity index (χ4n) is 8.94. The molecule has 13 heteroatoms. The van der Waals surface area contributed by atoms with Gasteiger partial charge in [-0.15, -0.1) is 0 Å². The van der Waals surface area contributed by atoms with Gasteiger partial charge in [0.1, 0.15) is 11.8 Å². The Morgan fingerprint density at radius 3 is 2.10 bits per heavy atom. The van der Waals surface area contributed by atoms with Gasteiger partial charge >= 0.3 is 0 Å². The van der Waals surface area contributed by atoms with Gasteiger partial charge in [-0.05, 0) is 69.3 Å². The summed E-state index contributed by atoms with van der Waals surface area (Å²) in [6.45, 7) is 16.6. The van der Waals surface area contributed by atoms with Gasteiger partial charge in [-0.2, -0.15) is 0 Å². The van der Waals surface area contributed by atoms with Gasteiger partial charge in [0.05, 0.1) is 42.7 Å². The van der Waals surface area contributed by atoms with Crippen LogP contribution in [-0.2, 0) is 46.4 Å². The van der Waals surface area contributed by atoms with Crippen LogP contribution in [0.1, 0.15) is 97.4 Å². The third-order valence-corrected chi connectivity index (χ3v) is 12.6. The zero-order chi connectivity index (χ0) is 45.6. The third kappa shape index (κ3) is 14.2. The molecule has 0 spiro atoms. The van der Waals surface area contributed by atoms with E-state index in [2.05, 4.69) is 15.6 Å². The second-order valence-electron chi connectivity index (χ2n) is 18.1. The maximum absolute atomic E-state index is 14.4. The summed E-state index contributed by atoms with van der Waals surface area (Å²) in [4.78, 5) is 79.9. The number of carbonyl (C=O) groups is 5. The van der Waals surface area contributed by atoms with Crippen molar-refractivity contribution in [1.29, 1.82) is 0 Å². The van der Waals surface area contributed by atoms with Gasteiger partial charge in [-0.25, -0.2) is 0 Å². The number of Topliss-reactive ketones (excluding diaryl/α,β-unsaturated/α-hetero) is 1. The minimum absolute atomic E-state index is 0.00814. The Labute approximate surface area is 366 Å². The van der Waals surface area contributed by atoms with E-state index in [1.807, 2.05) is 122 Å². The second-order valence-corrected chi connectivity index (χ2v) is 18.1. The van der Waals surface area contributed by atoms with Gasteiger partial charge in [0.25, 0.3) is 0 Å². The topological polar surface area (TPSA) is 150 Å². The first-order chi connectivity index (χ1) is 28.9. The molecule has 0 aliphatic carbocycles. The zero-order valence-corrected chi connectivity index (χ0v) is 39.3. The largest absolute Gasteiger partial charge is 0.379 e. The molecule has 1 saturated heterocycles. The first-order valence-corrected chi connectivity index (χ1v) is 22.2. The summed E-state index contributed by atoms with van der Waals surface area (Å²) < 4.78 is 12.1. The SMILES string of the molecule is CC[C@H](C)[C@@H]([C@@H](CC(=O)N1CCC[C@H]1[C@H](OC)[C@@H](C)C(=O)C[C@@H](Cc1ccccn1)C(=O)NCc1ccc(C)cc1)OC)N(C)C(=O)[C@@H](NC(=O)[C@H](C(C)C)N(C)C)C(C)C. The minimum atomic E-state index is -0.772. The number of pyridine rings is 1. The lowest BCUT2D eigenvalue weighted by atomic mass is 9.85. The monoisotopic (exact) mass is 849 g/mol. The maximum atomic E-state index is 14.4. The molecule has 1 aromatic heterocycles. The summed E-state index contributed by atoms with van der Waals surface area (Å²) in [6.07, 6.45) is 2.87. The number of ketones is 1. The molecular formula is C48H76N6O7. The number of aryl methyl sites for hydroxylation is 1. The molecule has 1 aromatic carbocycles. The lowest BCUT2D eigenvalue weighted by molar-refractivity contribution is -0.148. The fourth-order valence-corrected chi connectivity index (χ4v) is 8.94. The van der Waals surface area contributed by atoms with Crippen LogP contribution in [-0.4, -0.2) is 127 Å². The Kier molecular flexibility index (Phi) is 20.5. The Bertz CT molecular complexity index is 1700. The summed E-state index contributed by atoms with van der Waals surface area (Å²) in [5.41, 5.74) is 2.82. The van der Waals surface area contributed by atoms with Crippen LogP contribution in [0.3, 0.4) is 0 Å². The average molecular weight is 849 g/mol. The number of rotatable bonds is 24. The average Bonchev–Trinajstić information content (AvgIpc) is 3.71. The van der Waals surface area contributed by atoms with Gasteiger partial charge in [0.2, 0.25) is 23.6 Å². The van der Waals surface area contributed by atoms with Crippen molar-refractivity contribution in [3.05, 3.63) is 65.5 Å². The highest BCUT2D eigenvalue weighted by molar-refractivity contribution is 5.90. The number of methoxy groups -OCH3 is 2. The Morgan fingerprint density at radius 1 is 0.885 bits per heavy atom. The molecule has 340 valence electrons. The number of ether oxygens (including phenoxy) is 2. The molecule has 4 amide bonds. The first kappa shape index (κ1) is 51.2. The number of hydrogen-bond donors (Lipinski definition) is 2. The number of hydrogen-bond acceptors (Lipinski definition) is 9. The standard InChI is InChI=1S/C48H76N6O7/c1-14-33(7)44(53(11)48(59)42(30(2)3)51-47(58)43(31(4)5)52(9)10)40(60-12)28-41(56)54-25-17-19-38(54)45(61-13)34(8)39(55)27-36(26-37-18-15-16-24-49-37)46(57)50-29-35-22-20-32(6)21-23-35/h15-16,18,20-24,30-31,33-34,36,38,40,42-45H,14,17,19,25-29H2,1-13H3,(H,50,57)(H,51,58)/t33-,34-,36+,38-,40+,42-,43-,44-,45+/m0/s1. The molecule has 9 atom stereocenters. The van der Waals surface area contributed by atoms with Crippen LogP contribution in [0.2, 0.25) is 0 Å². The van der Waals surface area contributed by atoms with Crippen LogP contribution in [0.15, 0.2) is 48.7 Å². The van der Waals surface area contributed by atoms with E-state index in [-0.39, 0.29) is 66.0 Å². The van der Waals surface area contributed by atoms with Crippen molar-refractivity contribution >= 4 is 29.4 Å². The van der Waals surface area contributed by atoms with E-state index in [1.165, 1.54) is 0 Å². The Morgan fingerprint density at radius 2 is 1.56 bits per heavy atom. The molecule has 1 fully saturated rings. The lowest BCUT2D eigenvalue weighted by Gasteiger charge is -2.41. The molecule has 13 nitrogen and oxygen atoms in total. The van der Waals surface area contributed by atoms with Crippen molar-refractivity contribution in [2.45, 2.75) is 137 Å². The van der Waals surface area contributed by atoms with Crippen LogP contribution in [0.25, 0.3) is 0 Å². The van der Waals surface area contributed by atoms with Gasteiger partial charge in [-0.1, -0.05) is 90.8 Å². The van der Waals surface area contributed by atoms with E-state index >= 15 is 0 Å². The van der Waals surface area contributed by atoms with Crippen molar-refractivity contribution in [2.24, 2.45) is 29.6 Å². The Balaban J connectivity index is 1.79. The highest BCUT2D eigenvalue weighted by atomic mass is 16.5. The molecule has 0 saturated carbocycles. The first-order valence-electron chi connectivity index (χ1n) is 22.2. The van der Waals surface area contributed by atoms with Gasteiger partial charge in [0, 0.05) is 65.0 Å². The summed E-state index contributed by atoms with van der Waals surface area (Å²) in [5, 5.41) is 6.08. The van der Waals surface area contributed by atoms with Gasteiger partial charge in [0.15, 0.2) is 0 Å². The summed E-state index contributed by atoms with van der Waals surface area (Å²) in [5.74, 6) is -2.38. The molecule has 0 radical (unpaired) electrons. The normalized spacial score (nSPS) is 18.2. The molecule has 1 aliphatic heterocycles. The van der Waals surface area contributed by atoms with Crippen LogP contribution in [0.5, 0.6) is 0 Å². The van der Waals surface area contributed by atoms with Crippen molar-refractivity contribution in [2.75, 3.05) is 41.9 Å². The minimum Gasteiger partial charge on any atom is -0.379 e. The number of likely N-dealkylation sites (tertiary alicyclic amines) is 1. The van der Waals surface area contributed by atoms with E-state index < -0.39 is 42.2 Å². The lowest BCUT2D eigenvalue weighted by Crippen LogP contribution is -2.59. The molecular weight excluding hydrogens is 773 g/mol. The van der Waals surface area contributed by atoms with Crippen LogP contribution in [0, 0.1) is 36.5 Å². The molecule has 2 N–H and O–H groups in total. The summed E-state index contributed by atoms with van der Waals surface area (Å²) >= 11 is 0. The molecule has 2 aromatic rings. The van der Waals surface area contributed by atoms with Gasteiger partial charge in [-0.3, -0.25) is 33.9 Å². The van der Waals surface area contributed by atoms with E-state index in [9.17, 15) is 24.0 Å². The number of nitrogens with one attached hydrogen (secondary N) is 2. The van der Waals surface area contributed by atoms with E-state index in [4.69, 9.17) is 9.47 Å². The van der Waals surface area contributed by atoms with E-state index in [0.717, 1.165) is 29.7 Å². The van der Waals surface area contributed by atoms with Crippen LogP contribution < -0.4 is 10.6 Å². The van der Waals surface area contributed by atoms with Crippen LogP contribution >= 0.6 is 0 Å². The predicted octanol–water partition coefficient (Wildman–Crippen LogP) is 5.47. The molecule has 1 aliphatic rings. The fraction of sp³-hybridized carbons (Fsp3) is 0.667. The molecule has 2 heterocycles. The zero-order valence-electron chi connectivity index (χ0n) is 39.3. The van der Waals surface area contributed by atoms with Crippen molar-refractivity contribution in [3.8, 4) is 0 Å². The molecule has 61 heavy (non-hydrogen) atoms. The van der Waals surface area contributed by atoms with Crippen molar-refractivity contribution in [1.82, 2.24) is 30.3 Å². The second kappa shape index (κ2) is 24.4. The van der Waals surface area contributed by atoms with Crippen molar-refractivity contribution < 1.29 is 33.4 Å². The maximum Gasteiger partial charge on any atom is 0.245 e. The highest BCUT2D eigenvalue weighted by Gasteiger charge is 2.43. The predicted molar refractivity (Wildman–Crippen MR) is 239 cm³/mol. The number of carbonyl (C=O) groups excluding carboxylic acids is 5. The van der Waals surface area contributed by atoms with Crippen LogP contribution in [0.4, 0.5) is 0 Å². The van der Waals surface area contributed by atoms with E-state index in [1.54, 1.807) is 32.4 Å². The summed E-state index contributed by atoms with van der Waals surface area (Å²) in [6, 6.07) is 11.5. The quantitative estimate of drug-likeness (QED) is 0.140. The Hall–Kier alpha value is -4.20. The van der Waals surface area contributed by atoms with Gasteiger partial charge < -0.3 is 29.9 Å².